The average molecular weight is 277 g/mol. The third-order valence-electron chi connectivity index (χ3n) is 3.48. The molecule has 4 nitrogen and oxygen atoms in total. The Morgan fingerprint density at radius 1 is 1.16 bits per heavy atom. The van der Waals surface area contributed by atoms with Gasteiger partial charge >= 0.3 is 0 Å². The summed E-state index contributed by atoms with van der Waals surface area (Å²) in [4.78, 5) is 9.34. The molecular weight excluding hydrogens is 258 g/mol. The second-order valence-electron chi connectivity index (χ2n) is 4.91. The van der Waals surface area contributed by atoms with Gasteiger partial charge in [-0.05, 0) is 31.6 Å². The van der Waals surface area contributed by atoms with Crippen molar-refractivity contribution in [3.63, 3.8) is 0 Å². The lowest BCUT2D eigenvalue weighted by molar-refractivity contribution is 0.234. The van der Waals surface area contributed by atoms with Crippen LogP contribution in [0.3, 0.4) is 0 Å². The number of rotatable bonds is 4. The molecule has 2 aromatic heterocycles. The topological polar surface area (TPSA) is 32.5 Å². The zero-order valence-electron chi connectivity index (χ0n) is 11.0. The maximum Gasteiger partial charge on any atom is 0.117 e. The summed E-state index contributed by atoms with van der Waals surface area (Å²) in [6, 6.07) is 4.01. The molecule has 0 spiro atoms. The largest absolute Gasteiger partial charge is 0.468 e. The predicted molar refractivity (Wildman–Crippen MR) is 76.0 cm³/mol. The van der Waals surface area contributed by atoms with E-state index in [-0.39, 0.29) is 0 Å². The molecule has 0 unspecified atom stereocenters. The minimum absolute atomic E-state index is 0.929. The summed E-state index contributed by atoms with van der Waals surface area (Å²) in [5.41, 5.74) is 0. The van der Waals surface area contributed by atoms with E-state index in [0.717, 1.165) is 45.0 Å². The SMILES string of the molecule is c1coc(CN2CCCN(Cc3nccs3)CC2)c1. The molecule has 0 aromatic carbocycles. The fourth-order valence-corrected chi connectivity index (χ4v) is 3.14. The molecule has 2 aromatic rings. The van der Waals surface area contributed by atoms with Crippen LogP contribution in [0.25, 0.3) is 0 Å². The summed E-state index contributed by atoms with van der Waals surface area (Å²) >= 11 is 1.75. The first kappa shape index (κ1) is 12.8. The summed E-state index contributed by atoms with van der Waals surface area (Å²) in [5.74, 6) is 1.06. The average Bonchev–Trinajstić information content (AvgIpc) is 3.04. The Kier molecular flexibility index (Phi) is 4.27. The molecular formula is C14H19N3OS. The van der Waals surface area contributed by atoms with E-state index in [9.17, 15) is 0 Å². The van der Waals surface area contributed by atoms with Crippen molar-refractivity contribution in [2.24, 2.45) is 0 Å². The number of furan rings is 1. The molecule has 0 saturated carbocycles. The minimum atomic E-state index is 0.929. The number of hydrogen-bond acceptors (Lipinski definition) is 5. The van der Waals surface area contributed by atoms with E-state index in [1.165, 1.54) is 11.4 Å². The third-order valence-corrected chi connectivity index (χ3v) is 4.25. The Labute approximate surface area is 117 Å². The lowest BCUT2D eigenvalue weighted by Gasteiger charge is -2.20. The summed E-state index contributed by atoms with van der Waals surface area (Å²) in [6.07, 6.45) is 4.86. The Bertz CT molecular complexity index is 425. The first-order valence-corrected chi connectivity index (χ1v) is 7.63. The number of thiazole rings is 1. The van der Waals surface area contributed by atoms with Crippen LogP contribution in [0.4, 0.5) is 0 Å². The van der Waals surface area contributed by atoms with E-state index in [2.05, 4.69) is 26.2 Å². The van der Waals surface area contributed by atoms with Gasteiger partial charge in [-0.15, -0.1) is 11.3 Å². The molecule has 1 aliphatic rings. The van der Waals surface area contributed by atoms with Crippen LogP contribution < -0.4 is 0 Å². The molecule has 5 heteroatoms. The zero-order valence-corrected chi connectivity index (χ0v) is 11.8. The first-order chi connectivity index (χ1) is 9.40. The van der Waals surface area contributed by atoms with E-state index in [0.29, 0.717) is 0 Å². The van der Waals surface area contributed by atoms with Gasteiger partial charge in [0.05, 0.1) is 19.4 Å². The molecule has 0 amide bonds. The molecule has 1 aliphatic heterocycles. The second-order valence-corrected chi connectivity index (χ2v) is 5.89. The standard InChI is InChI=1S/C14H19N3OS/c1-3-13(18-9-1)11-16-5-2-6-17(8-7-16)12-14-15-4-10-19-14/h1,3-4,9-10H,2,5-8,11-12H2. The van der Waals surface area contributed by atoms with Crippen LogP contribution in [0.5, 0.6) is 0 Å². The van der Waals surface area contributed by atoms with Gasteiger partial charge in [-0.2, -0.15) is 0 Å². The fraction of sp³-hybridized carbons (Fsp3) is 0.500. The number of nitrogens with zero attached hydrogens (tertiary/aromatic N) is 3. The smallest absolute Gasteiger partial charge is 0.117 e. The van der Waals surface area contributed by atoms with Crippen molar-refractivity contribution in [2.45, 2.75) is 19.5 Å². The molecule has 0 bridgehead atoms. The zero-order chi connectivity index (χ0) is 12.9. The van der Waals surface area contributed by atoms with Crippen LogP contribution >= 0.6 is 11.3 Å². The molecule has 102 valence electrons. The van der Waals surface area contributed by atoms with Gasteiger partial charge in [0, 0.05) is 24.7 Å². The number of aromatic nitrogens is 1. The third kappa shape index (κ3) is 3.65. The summed E-state index contributed by atoms with van der Waals surface area (Å²) in [5, 5.41) is 3.27. The Hall–Kier alpha value is -1.17. The molecule has 3 heterocycles. The highest BCUT2D eigenvalue weighted by atomic mass is 32.1. The van der Waals surface area contributed by atoms with Crippen molar-refractivity contribution in [3.05, 3.63) is 40.7 Å². The molecule has 0 aliphatic carbocycles. The van der Waals surface area contributed by atoms with E-state index in [4.69, 9.17) is 4.42 Å². The van der Waals surface area contributed by atoms with Gasteiger partial charge in [0.25, 0.3) is 0 Å². The Morgan fingerprint density at radius 2 is 2.00 bits per heavy atom. The van der Waals surface area contributed by atoms with Gasteiger partial charge in [0.15, 0.2) is 0 Å². The summed E-state index contributed by atoms with van der Waals surface area (Å²) < 4.78 is 5.43. The van der Waals surface area contributed by atoms with Gasteiger partial charge in [0.1, 0.15) is 10.8 Å². The van der Waals surface area contributed by atoms with Gasteiger partial charge in [-0.3, -0.25) is 9.80 Å². The van der Waals surface area contributed by atoms with Crippen molar-refractivity contribution in [3.8, 4) is 0 Å². The molecule has 0 atom stereocenters. The molecule has 1 fully saturated rings. The van der Waals surface area contributed by atoms with Crippen LogP contribution in [0.2, 0.25) is 0 Å². The number of hydrogen-bond donors (Lipinski definition) is 0. The Morgan fingerprint density at radius 3 is 2.68 bits per heavy atom. The highest BCUT2D eigenvalue weighted by molar-refractivity contribution is 7.09. The molecule has 1 saturated heterocycles. The van der Waals surface area contributed by atoms with Crippen LogP contribution in [0, 0.1) is 0 Å². The van der Waals surface area contributed by atoms with Crippen molar-refractivity contribution < 1.29 is 4.42 Å². The maximum atomic E-state index is 5.43. The maximum absolute atomic E-state index is 5.43. The second kappa shape index (κ2) is 6.32. The first-order valence-electron chi connectivity index (χ1n) is 6.75. The van der Waals surface area contributed by atoms with Crippen LogP contribution in [-0.4, -0.2) is 41.0 Å². The molecule has 3 rings (SSSR count). The lowest BCUT2D eigenvalue weighted by atomic mass is 10.3. The van der Waals surface area contributed by atoms with Crippen molar-refractivity contribution >= 4 is 11.3 Å². The summed E-state index contributed by atoms with van der Waals surface area (Å²) in [6.45, 7) is 6.44. The highest BCUT2D eigenvalue weighted by Gasteiger charge is 2.16. The van der Waals surface area contributed by atoms with Crippen LogP contribution in [0.15, 0.2) is 34.4 Å². The van der Waals surface area contributed by atoms with E-state index >= 15 is 0 Å². The van der Waals surface area contributed by atoms with Crippen molar-refractivity contribution in [2.75, 3.05) is 26.2 Å². The van der Waals surface area contributed by atoms with Crippen molar-refractivity contribution in [1.29, 1.82) is 0 Å². The van der Waals surface area contributed by atoms with E-state index in [1.54, 1.807) is 17.6 Å². The Balaban J connectivity index is 1.51. The minimum Gasteiger partial charge on any atom is -0.468 e. The van der Waals surface area contributed by atoms with Gasteiger partial charge in [-0.1, -0.05) is 0 Å². The van der Waals surface area contributed by atoms with E-state index < -0.39 is 0 Å². The van der Waals surface area contributed by atoms with Gasteiger partial charge in [0.2, 0.25) is 0 Å². The van der Waals surface area contributed by atoms with Crippen LogP contribution in [-0.2, 0) is 13.1 Å². The van der Waals surface area contributed by atoms with Gasteiger partial charge in [-0.25, -0.2) is 4.98 Å². The van der Waals surface area contributed by atoms with Crippen LogP contribution in [0.1, 0.15) is 17.2 Å². The summed E-state index contributed by atoms with van der Waals surface area (Å²) in [7, 11) is 0. The fourth-order valence-electron chi connectivity index (χ4n) is 2.49. The van der Waals surface area contributed by atoms with Gasteiger partial charge < -0.3 is 4.42 Å². The molecule has 0 N–H and O–H groups in total. The normalized spacial score (nSPS) is 18.5. The highest BCUT2D eigenvalue weighted by Crippen LogP contribution is 2.13. The monoisotopic (exact) mass is 277 g/mol. The quantitative estimate of drug-likeness (QED) is 0.859. The van der Waals surface area contributed by atoms with Crippen molar-refractivity contribution in [1.82, 2.24) is 14.8 Å². The molecule has 19 heavy (non-hydrogen) atoms. The lowest BCUT2D eigenvalue weighted by Crippen LogP contribution is -2.30. The molecule has 0 radical (unpaired) electrons. The predicted octanol–water partition coefficient (Wildman–Crippen LogP) is 2.44. The van der Waals surface area contributed by atoms with E-state index in [1.807, 2.05) is 12.3 Å².